The summed E-state index contributed by atoms with van der Waals surface area (Å²) in [6.45, 7) is 0.887. The molecule has 1 saturated carbocycles. The van der Waals surface area contributed by atoms with Crippen molar-refractivity contribution in [3.05, 3.63) is 24.2 Å². The van der Waals surface area contributed by atoms with Crippen LogP contribution in [0.25, 0.3) is 0 Å². The zero-order valence-electron chi connectivity index (χ0n) is 12.1. The van der Waals surface area contributed by atoms with Gasteiger partial charge in [0.05, 0.1) is 12.8 Å². The van der Waals surface area contributed by atoms with Gasteiger partial charge < -0.3 is 19.9 Å². The maximum atomic E-state index is 9.10. The fourth-order valence-electron chi connectivity index (χ4n) is 2.32. The van der Waals surface area contributed by atoms with Gasteiger partial charge in [-0.05, 0) is 25.0 Å². The molecule has 1 heterocycles. The van der Waals surface area contributed by atoms with Crippen molar-refractivity contribution < 1.29 is 24.2 Å². The van der Waals surface area contributed by atoms with Crippen LogP contribution in [0, 0.1) is 0 Å². The quantitative estimate of drug-likeness (QED) is 0.742. The first-order valence-corrected chi connectivity index (χ1v) is 7.31. The van der Waals surface area contributed by atoms with Crippen LogP contribution in [0.4, 0.5) is 0 Å². The van der Waals surface area contributed by atoms with Crippen molar-refractivity contribution in [2.24, 2.45) is 0 Å². The fraction of sp³-hybridized carbons (Fsp3) is 0.600. The first kappa shape index (κ1) is 17.2. The molecule has 0 bridgehead atoms. The second-order valence-electron chi connectivity index (χ2n) is 5.11. The summed E-state index contributed by atoms with van der Waals surface area (Å²) in [5, 5.41) is 18.4. The first-order chi connectivity index (χ1) is 10.1. The Morgan fingerprint density at radius 1 is 1.10 bits per heavy atom. The number of carboxylic acid groups (broad SMARTS) is 2. The molecule has 6 nitrogen and oxygen atoms in total. The van der Waals surface area contributed by atoms with E-state index in [0.29, 0.717) is 6.04 Å². The monoisotopic (exact) mass is 297 g/mol. The minimum Gasteiger partial charge on any atom is -0.473 e. The van der Waals surface area contributed by atoms with E-state index in [2.05, 4.69) is 5.32 Å². The molecule has 0 unspecified atom stereocenters. The molecule has 0 radical (unpaired) electrons. The Kier molecular flexibility index (Phi) is 8.19. The number of furan rings is 1. The predicted molar refractivity (Wildman–Crippen MR) is 76.9 cm³/mol. The SMILES string of the molecule is O=C(O)C(=O)O.c1coc(CNC2CCCCCCC2)c1. The molecule has 0 saturated heterocycles. The van der Waals surface area contributed by atoms with E-state index < -0.39 is 11.9 Å². The van der Waals surface area contributed by atoms with E-state index in [9.17, 15) is 0 Å². The van der Waals surface area contributed by atoms with Crippen LogP contribution >= 0.6 is 0 Å². The third-order valence-corrected chi connectivity index (χ3v) is 3.43. The van der Waals surface area contributed by atoms with Crippen LogP contribution in [-0.4, -0.2) is 28.2 Å². The number of nitrogens with one attached hydrogen (secondary N) is 1. The highest BCUT2D eigenvalue weighted by molar-refractivity contribution is 6.27. The molecule has 1 aromatic rings. The Bertz CT molecular complexity index is 396. The molecule has 118 valence electrons. The van der Waals surface area contributed by atoms with E-state index >= 15 is 0 Å². The summed E-state index contributed by atoms with van der Waals surface area (Å²) < 4.78 is 5.32. The zero-order valence-corrected chi connectivity index (χ0v) is 12.1. The lowest BCUT2D eigenvalue weighted by atomic mass is 9.97. The van der Waals surface area contributed by atoms with Gasteiger partial charge >= 0.3 is 11.9 Å². The van der Waals surface area contributed by atoms with Crippen molar-refractivity contribution in [2.45, 2.75) is 57.5 Å². The van der Waals surface area contributed by atoms with Gasteiger partial charge in [0.25, 0.3) is 0 Å². The fourth-order valence-corrected chi connectivity index (χ4v) is 2.32. The maximum absolute atomic E-state index is 9.10. The topological polar surface area (TPSA) is 99.8 Å². The third kappa shape index (κ3) is 8.14. The number of aliphatic carboxylic acids is 2. The number of carboxylic acids is 2. The highest BCUT2D eigenvalue weighted by Crippen LogP contribution is 2.17. The molecule has 6 heteroatoms. The Morgan fingerprint density at radius 3 is 2.14 bits per heavy atom. The smallest absolute Gasteiger partial charge is 0.414 e. The molecule has 1 aromatic heterocycles. The second kappa shape index (κ2) is 9.99. The molecule has 0 aromatic carbocycles. The summed E-state index contributed by atoms with van der Waals surface area (Å²) >= 11 is 0. The van der Waals surface area contributed by atoms with Crippen LogP contribution in [0.5, 0.6) is 0 Å². The lowest BCUT2D eigenvalue weighted by molar-refractivity contribution is -0.159. The highest BCUT2D eigenvalue weighted by Gasteiger charge is 2.10. The Hall–Kier alpha value is -1.82. The van der Waals surface area contributed by atoms with Crippen molar-refractivity contribution in [2.75, 3.05) is 0 Å². The molecular formula is C15H23NO5. The van der Waals surface area contributed by atoms with Gasteiger partial charge in [0, 0.05) is 6.04 Å². The minimum absolute atomic E-state index is 0.704. The van der Waals surface area contributed by atoms with Crippen LogP contribution in [0.1, 0.15) is 50.7 Å². The summed E-state index contributed by atoms with van der Waals surface area (Å²) in [5.41, 5.74) is 0. The zero-order chi connectivity index (χ0) is 15.5. The standard InChI is InChI=1S/C13H21NO.C2H2O4/c1-2-4-7-12(8-5-3-1)14-11-13-9-6-10-15-13;3-1(4)2(5)6/h6,9-10,12,14H,1-5,7-8,11H2;(H,3,4)(H,5,6). The number of carbonyl (C=O) groups is 2. The normalized spacial score (nSPS) is 16.2. The summed E-state index contributed by atoms with van der Waals surface area (Å²) in [6.07, 6.45) is 11.4. The van der Waals surface area contributed by atoms with Crippen molar-refractivity contribution in [3.8, 4) is 0 Å². The lowest BCUT2D eigenvalue weighted by Gasteiger charge is -2.20. The van der Waals surface area contributed by atoms with Crippen LogP contribution in [0.2, 0.25) is 0 Å². The molecule has 2 rings (SSSR count). The van der Waals surface area contributed by atoms with E-state index in [1.54, 1.807) is 6.26 Å². The first-order valence-electron chi connectivity index (χ1n) is 7.31. The van der Waals surface area contributed by atoms with E-state index in [4.69, 9.17) is 24.2 Å². The Morgan fingerprint density at radius 2 is 1.67 bits per heavy atom. The van der Waals surface area contributed by atoms with Gasteiger partial charge in [0.2, 0.25) is 0 Å². The lowest BCUT2D eigenvalue weighted by Crippen LogP contribution is -2.29. The Balaban J connectivity index is 0.000000315. The molecular weight excluding hydrogens is 274 g/mol. The summed E-state index contributed by atoms with van der Waals surface area (Å²) in [4.78, 5) is 18.2. The van der Waals surface area contributed by atoms with Gasteiger partial charge in [-0.15, -0.1) is 0 Å². The molecule has 0 spiro atoms. The van der Waals surface area contributed by atoms with E-state index in [-0.39, 0.29) is 0 Å². The van der Waals surface area contributed by atoms with E-state index in [1.807, 2.05) is 12.1 Å². The molecule has 0 atom stereocenters. The average molecular weight is 297 g/mol. The van der Waals surface area contributed by atoms with Crippen molar-refractivity contribution in [3.63, 3.8) is 0 Å². The number of hydrogen-bond acceptors (Lipinski definition) is 4. The molecule has 0 aliphatic heterocycles. The van der Waals surface area contributed by atoms with Gasteiger partial charge in [-0.1, -0.05) is 32.1 Å². The molecule has 1 fully saturated rings. The molecule has 1 aliphatic rings. The van der Waals surface area contributed by atoms with Gasteiger partial charge in [-0.2, -0.15) is 0 Å². The van der Waals surface area contributed by atoms with Gasteiger partial charge in [-0.25, -0.2) is 9.59 Å². The molecule has 3 N–H and O–H groups in total. The van der Waals surface area contributed by atoms with E-state index in [1.165, 1.54) is 44.9 Å². The maximum Gasteiger partial charge on any atom is 0.414 e. The summed E-state index contributed by atoms with van der Waals surface area (Å²) in [7, 11) is 0. The van der Waals surface area contributed by atoms with Crippen LogP contribution in [0.15, 0.2) is 22.8 Å². The van der Waals surface area contributed by atoms with Gasteiger partial charge in [-0.3, -0.25) is 0 Å². The summed E-state index contributed by atoms with van der Waals surface area (Å²) in [6, 6.07) is 4.70. The van der Waals surface area contributed by atoms with Crippen LogP contribution < -0.4 is 5.32 Å². The Labute approximate surface area is 124 Å². The third-order valence-electron chi connectivity index (χ3n) is 3.43. The molecule has 0 amide bonds. The largest absolute Gasteiger partial charge is 0.473 e. The van der Waals surface area contributed by atoms with Gasteiger partial charge in [0.15, 0.2) is 0 Å². The van der Waals surface area contributed by atoms with Crippen LogP contribution in [0.3, 0.4) is 0 Å². The summed E-state index contributed by atoms with van der Waals surface area (Å²) in [5.74, 6) is -2.60. The van der Waals surface area contributed by atoms with Crippen molar-refractivity contribution in [1.82, 2.24) is 5.32 Å². The van der Waals surface area contributed by atoms with Crippen molar-refractivity contribution in [1.29, 1.82) is 0 Å². The number of hydrogen-bond donors (Lipinski definition) is 3. The molecule has 21 heavy (non-hydrogen) atoms. The van der Waals surface area contributed by atoms with Gasteiger partial charge in [0.1, 0.15) is 5.76 Å². The van der Waals surface area contributed by atoms with E-state index in [0.717, 1.165) is 12.3 Å². The second-order valence-corrected chi connectivity index (χ2v) is 5.11. The highest BCUT2D eigenvalue weighted by atomic mass is 16.4. The average Bonchev–Trinajstić information content (AvgIpc) is 2.91. The minimum atomic E-state index is -1.82. The molecule has 1 aliphatic carbocycles. The van der Waals surface area contributed by atoms with Crippen molar-refractivity contribution >= 4 is 11.9 Å². The van der Waals surface area contributed by atoms with Crippen LogP contribution in [-0.2, 0) is 16.1 Å². The number of rotatable bonds is 3. The predicted octanol–water partition coefficient (Wildman–Crippen LogP) is 2.64.